The topological polar surface area (TPSA) is 257 Å². The minimum Gasteiger partial charge on any atom is -0.508 e. The normalized spacial score (nSPS) is 13.6. The maximum atomic E-state index is 13.6. The number of benzene rings is 2. The van der Waals surface area contributed by atoms with Gasteiger partial charge in [-0.05, 0) is 48.2 Å². The monoisotopic (exact) mass is 610 g/mol. The molecular formula is C29H34N6O9. The van der Waals surface area contributed by atoms with Crippen molar-refractivity contribution in [3.63, 3.8) is 0 Å². The van der Waals surface area contributed by atoms with E-state index in [-0.39, 0.29) is 30.8 Å². The summed E-state index contributed by atoms with van der Waals surface area (Å²) in [6.07, 6.45) is 1.82. The van der Waals surface area contributed by atoms with Crippen LogP contribution in [0.15, 0.2) is 61.1 Å². The van der Waals surface area contributed by atoms with Crippen molar-refractivity contribution in [1.82, 2.24) is 25.9 Å². The van der Waals surface area contributed by atoms with Gasteiger partial charge < -0.3 is 47.1 Å². The molecule has 1 heterocycles. The second kappa shape index (κ2) is 15.7. The maximum Gasteiger partial charge on any atom is 0.326 e. The van der Waals surface area contributed by atoms with Gasteiger partial charge in [0.25, 0.3) is 0 Å². The quantitative estimate of drug-likeness (QED) is 0.101. The van der Waals surface area contributed by atoms with Crippen molar-refractivity contribution in [3.8, 4) is 11.5 Å². The van der Waals surface area contributed by atoms with Crippen LogP contribution in [0.1, 0.15) is 29.7 Å². The summed E-state index contributed by atoms with van der Waals surface area (Å²) in [6, 6.07) is 6.64. The summed E-state index contributed by atoms with van der Waals surface area (Å²) < 4.78 is 0. The van der Waals surface area contributed by atoms with E-state index in [0.717, 1.165) is 0 Å². The smallest absolute Gasteiger partial charge is 0.326 e. The number of amides is 3. The number of nitrogens with two attached hydrogens (primary N) is 1. The Balaban J connectivity index is 1.81. The van der Waals surface area contributed by atoms with Crippen molar-refractivity contribution in [2.45, 2.75) is 56.3 Å². The van der Waals surface area contributed by atoms with Crippen molar-refractivity contribution in [3.05, 3.63) is 77.9 Å². The van der Waals surface area contributed by atoms with Crippen LogP contribution in [-0.2, 0) is 43.2 Å². The fourth-order valence-electron chi connectivity index (χ4n) is 4.23. The van der Waals surface area contributed by atoms with E-state index in [0.29, 0.717) is 16.8 Å². The number of carbonyl (C=O) groups is 5. The number of hydrogen-bond acceptors (Lipinski definition) is 9. The summed E-state index contributed by atoms with van der Waals surface area (Å²) in [5.41, 5.74) is 7.75. The number of nitrogens with one attached hydrogen (secondary N) is 4. The first-order valence-electron chi connectivity index (χ1n) is 13.6. The van der Waals surface area contributed by atoms with E-state index in [1.165, 1.54) is 48.9 Å². The highest BCUT2D eigenvalue weighted by atomic mass is 16.4. The highest BCUT2D eigenvalue weighted by Gasteiger charge is 2.31. The molecule has 0 bridgehead atoms. The zero-order valence-corrected chi connectivity index (χ0v) is 23.5. The molecule has 4 unspecified atom stereocenters. The Morgan fingerprint density at radius 2 is 1.23 bits per heavy atom. The van der Waals surface area contributed by atoms with Crippen molar-refractivity contribution in [1.29, 1.82) is 0 Å². The third-order valence-electron chi connectivity index (χ3n) is 6.61. The average Bonchev–Trinajstić information content (AvgIpc) is 3.49. The summed E-state index contributed by atoms with van der Waals surface area (Å²) in [7, 11) is 0. The Bertz CT molecular complexity index is 1430. The van der Waals surface area contributed by atoms with E-state index < -0.39 is 66.7 Å². The Morgan fingerprint density at radius 1 is 0.727 bits per heavy atom. The number of phenols is 2. The van der Waals surface area contributed by atoms with Gasteiger partial charge in [0, 0.05) is 31.2 Å². The van der Waals surface area contributed by atoms with E-state index in [1.807, 2.05) is 0 Å². The number of imidazole rings is 1. The van der Waals surface area contributed by atoms with Gasteiger partial charge in [0.1, 0.15) is 29.6 Å². The lowest BCUT2D eigenvalue weighted by Gasteiger charge is -2.25. The number of aliphatic carboxylic acids is 2. The van der Waals surface area contributed by atoms with E-state index in [1.54, 1.807) is 12.1 Å². The highest BCUT2D eigenvalue weighted by Crippen LogP contribution is 2.13. The molecule has 3 rings (SSSR count). The summed E-state index contributed by atoms with van der Waals surface area (Å²) >= 11 is 0. The number of aromatic nitrogens is 2. The predicted molar refractivity (Wildman–Crippen MR) is 154 cm³/mol. The van der Waals surface area contributed by atoms with E-state index >= 15 is 0 Å². The first-order chi connectivity index (χ1) is 20.9. The molecule has 3 aromatic rings. The van der Waals surface area contributed by atoms with Gasteiger partial charge in [-0.15, -0.1) is 0 Å². The van der Waals surface area contributed by atoms with Gasteiger partial charge in [0.05, 0.1) is 12.4 Å². The lowest BCUT2D eigenvalue weighted by atomic mass is 10.0. The largest absolute Gasteiger partial charge is 0.508 e. The molecular weight excluding hydrogens is 576 g/mol. The fraction of sp³-hybridized carbons (Fsp3) is 0.310. The van der Waals surface area contributed by atoms with Crippen LogP contribution in [-0.4, -0.2) is 84.2 Å². The number of carboxylic acids is 2. The van der Waals surface area contributed by atoms with Crippen LogP contribution in [0.3, 0.4) is 0 Å². The molecule has 44 heavy (non-hydrogen) atoms. The zero-order valence-electron chi connectivity index (χ0n) is 23.5. The lowest BCUT2D eigenvalue weighted by Crippen LogP contribution is -2.58. The molecule has 4 atom stereocenters. The van der Waals surface area contributed by atoms with E-state index in [4.69, 9.17) is 10.8 Å². The molecule has 0 fully saturated rings. The number of phenolic OH excluding ortho intramolecular Hbond substituents is 2. The van der Waals surface area contributed by atoms with Crippen LogP contribution < -0.4 is 21.7 Å². The Kier molecular flexibility index (Phi) is 11.8. The molecule has 0 radical (unpaired) electrons. The number of H-pyrrole nitrogens is 1. The third-order valence-corrected chi connectivity index (χ3v) is 6.61. The van der Waals surface area contributed by atoms with Crippen molar-refractivity contribution in [2.24, 2.45) is 5.73 Å². The van der Waals surface area contributed by atoms with Crippen LogP contribution in [0.2, 0.25) is 0 Å². The Labute approximate surface area is 251 Å². The number of nitrogens with zero attached hydrogens (tertiary/aromatic N) is 1. The van der Waals surface area contributed by atoms with Crippen LogP contribution in [0.5, 0.6) is 11.5 Å². The second-order valence-electron chi connectivity index (χ2n) is 10.1. The molecule has 1 aromatic heterocycles. The Morgan fingerprint density at radius 3 is 1.73 bits per heavy atom. The molecule has 10 N–H and O–H groups in total. The summed E-state index contributed by atoms with van der Waals surface area (Å²) in [5, 5.41) is 45.0. The van der Waals surface area contributed by atoms with Crippen LogP contribution in [0.4, 0.5) is 0 Å². The summed E-state index contributed by atoms with van der Waals surface area (Å²) in [4.78, 5) is 69.3. The predicted octanol–water partition coefficient (Wildman–Crippen LogP) is -0.420. The van der Waals surface area contributed by atoms with Gasteiger partial charge in [0.15, 0.2) is 0 Å². The van der Waals surface area contributed by atoms with Gasteiger partial charge in [-0.2, -0.15) is 0 Å². The van der Waals surface area contributed by atoms with E-state index in [2.05, 4.69) is 25.9 Å². The van der Waals surface area contributed by atoms with Gasteiger partial charge in [-0.25, -0.2) is 9.78 Å². The molecule has 2 aromatic carbocycles. The first-order valence-corrected chi connectivity index (χ1v) is 13.6. The van der Waals surface area contributed by atoms with Crippen molar-refractivity contribution < 1.29 is 44.4 Å². The standard InChI is InChI=1S/C29H34N6O9/c30-21(11-16-1-5-19(36)6-2-16)26(40)34-24(13-18-14-31-15-32-18)28(42)35-23(12-17-3-7-20(37)8-4-17)27(41)33-22(29(43)44)9-10-25(38)39/h1-8,14-15,21-24,36-37H,9-13,30H2,(H,31,32)(H,33,41)(H,34,40)(H,35,42)(H,38,39)(H,43,44). The van der Waals surface area contributed by atoms with Gasteiger partial charge >= 0.3 is 11.9 Å². The van der Waals surface area contributed by atoms with Crippen LogP contribution >= 0.6 is 0 Å². The molecule has 234 valence electrons. The molecule has 0 aliphatic rings. The molecule has 0 spiro atoms. The number of carbonyl (C=O) groups excluding carboxylic acids is 3. The molecule has 0 aliphatic heterocycles. The number of aromatic hydroxyl groups is 2. The zero-order chi connectivity index (χ0) is 32.2. The number of aromatic amines is 1. The van der Waals surface area contributed by atoms with Crippen LogP contribution in [0.25, 0.3) is 0 Å². The molecule has 0 aliphatic carbocycles. The SMILES string of the molecule is NC(Cc1ccc(O)cc1)C(=O)NC(Cc1cnc[nH]1)C(=O)NC(Cc1ccc(O)cc1)C(=O)NC(CCC(=O)O)C(=O)O. The first kappa shape index (κ1) is 33.1. The molecule has 15 heteroatoms. The molecule has 3 amide bonds. The van der Waals surface area contributed by atoms with Crippen molar-refractivity contribution in [2.75, 3.05) is 0 Å². The number of rotatable bonds is 16. The Hall–Kier alpha value is -5.44. The maximum absolute atomic E-state index is 13.6. The second-order valence-corrected chi connectivity index (χ2v) is 10.1. The molecule has 0 saturated carbocycles. The summed E-state index contributed by atoms with van der Waals surface area (Å²) in [5.74, 6) is -5.06. The van der Waals surface area contributed by atoms with E-state index in [9.17, 15) is 39.3 Å². The molecule has 15 nitrogen and oxygen atoms in total. The minimum absolute atomic E-state index is 0.0376. The third kappa shape index (κ3) is 10.4. The van der Waals surface area contributed by atoms with Gasteiger partial charge in [0.2, 0.25) is 17.7 Å². The number of carboxylic acid groups (broad SMARTS) is 2. The highest BCUT2D eigenvalue weighted by molar-refractivity contribution is 5.94. The average molecular weight is 611 g/mol. The summed E-state index contributed by atoms with van der Waals surface area (Å²) in [6.45, 7) is 0. The number of hydrogen-bond donors (Lipinski definition) is 9. The van der Waals surface area contributed by atoms with Gasteiger partial charge in [-0.1, -0.05) is 24.3 Å². The minimum atomic E-state index is -1.55. The fourth-order valence-corrected chi connectivity index (χ4v) is 4.23. The van der Waals surface area contributed by atoms with Crippen molar-refractivity contribution >= 4 is 29.7 Å². The van der Waals surface area contributed by atoms with Gasteiger partial charge in [-0.3, -0.25) is 19.2 Å². The van der Waals surface area contributed by atoms with Crippen LogP contribution in [0, 0.1) is 0 Å². The lowest BCUT2D eigenvalue weighted by molar-refractivity contribution is -0.143. The molecule has 0 saturated heterocycles.